The Morgan fingerprint density at radius 2 is 2.50 bits per heavy atom. The molecule has 0 spiro atoms. The van der Waals surface area contributed by atoms with Crippen LogP contribution in [0.4, 0.5) is 0 Å². The van der Waals surface area contributed by atoms with E-state index in [9.17, 15) is 4.79 Å². The van der Waals surface area contributed by atoms with Crippen molar-refractivity contribution in [2.45, 2.75) is 19.4 Å². The third-order valence-electron chi connectivity index (χ3n) is 2.16. The second kappa shape index (κ2) is 3.79. The van der Waals surface area contributed by atoms with Crippen molar-refractivity contribution >= 4 is 5.97 Å². The number of carboxylic acid groups (broad SMARTS) is 1. The molecule has 1 heterocycles. The molecule has 0 aliphatic heterocycles. The number of hydrogen-bond donors (Lipinski definition) is 2. The number of H-pyrrole nitrogens is 1. The summed E-state index contributed by atoms with van der Waals surface area (Å²) in [6, 6.07) is 1.50. The van der Waals surface area contributed by atoms with E-state index in [1.807, 2.05) is 0 Å². The number of hydrogen-bond acceptors (Lipinski definition) is 3. The maximum absolute atomic E-state index is 10.5. The molecule has 1 saturated carbocycles. The van der Waals surface area contributed by atoms with Gasteiger partial charge >= 0.3 is 5.97 Å². The van der Waals surface area contributed by atoms with Gasteiger partial charge in [0, 0.05) is 6.61 Å². The number of ether oxygens (including phenoxy) is 1. The van der Waals surface area contributed by atoms with Gasteiger partial charge in [0.05, 0.1) is 12.3 Å². The Bertz CT molecular complexity index is 331. The summed E-state index contributed by atoms with van der Waals surface area (Å²) in [6.07, 6.45) is 2.51. The van der Waals surface area contributed by atoms with Crippen molar-refractivity contribution in [3.63, 3.8) is 0 Å². The third kappa shape index (κ3) is 2.32. The molecule has 2 rings (SSSR count). The first kappa shape index (κ1) is 9.21. The third-order valence-corrected chi connectivity index (χ3v) is 2.16. The molecule has 5 heteroatoms. The topological polar surface area (TPSA) is 75.2 Å². The van der Waals surface area contributed by atoms with Crippen LogP contribution in [0, 0.1) is 5.92 Å². The van der Waals surface area contributed by atoms with E-state index in [2.05, 4.69) is 10.2 Å². The SMILES string of the molecule is O=C(O)c1cc(COCC2CC2)[nH]n1. The van der Waals surface area contributed by atoms with Crippen LogP contribution in [0.2, 0.25) is 0 Å². The van der Waals surface area contributed by atoms with E-state index < -0.39 is 5.97 Å². The Balaban J connectivity index is 1.79. The van der Waals surface area contributed by atoms with E-state index in [0.29, 0.717) is 12.3 Å². The number of aromatic nitrogens is 2. The highest BCUT2D eigenvalue weighted by molar-refractivity contribution is 5.85. The molecule has 0 unspecified atom stereocenters. The molecule has 5 nitrogen and oxygen atoms in total. The van der Waals surface area contributed by atoms with Crippen molar-refractivity contribution in [1.29, 1.82) is 0 Å². The minimum absolute atomic E-state index is 0.0371. The summed E-state index contributed by atoms with van der Waals surface area (Å²) in [4.78, 5) is 10.5. The fourth-order valence-electron chi connectivity index (χ4n) is 1.17. The molecule has 1 aromatic heterocycles. The van der Waals surface area contributed by atoms with Gasteiger partial charge in [0.15, 0.2) is 5.69 Å². The second-order valence-electron chi connectivity index (χ2n) is 3.54. The predicted molar refractivity (Wildman–Crippen MR) is 47.9 cm³/mol. The molecule has 0 radical (unpaired) electrons. The van der Waals surface area contributed by atoms with Crippen molar-refractivity contribution in [3.8, 4) is 0 Å². The zero-order chi connectivity index (χ0) is 9.97. The Labute approximate surface area is 81.1 Å². The Morgan fingerprint density at radius 1 is 1.71 bits per heavy atom. The quantitative estimate of drug-likeness (QED) is 0.737. The first-order valence-corrected chi connectivity index (χ1v) is 4.61. The van der Waals surface area contributed by atoms with Gasteiger partial charge in [-0.2, -0.15) is 5.10 Å². The molecule has 1 aliphatic carbocycles. The normalized spacial score (nSPS) is 15.7. The molecule has 0 atom stereocenters. The van der Waals surface area contributed by atoms with Gasteiger partial charge in [0.25, 0.3) is 0 Å². The molecular weight excluding hydrogens is 184 g/mol. The van der Waals surface area contributed by atoms with Crippen LogP contribution >= 0.6 is 0 Å². The highest BCUT2D eigenvalue weighted by Gasteiger charge is 2.21. The van der Waals surface area contributed by atoms with Gasteiger partial charge in [-0.05, 0) is 24.8 Å². The Morgan fingerprint density at radius 3 is 3.07 bits per heavy atom. The summed E-state index contributed by atoms with van der Waals surface area (Å²) in [5.74, 6) is -0.299. The van der Waals surface area contributed by atoms with Crippen molar-refractivity contribution < 1.29 is 14.6 Å². The summed E-state index contributed by atoms with van der Waals surface area (Å²) in [7, 11) is 0. The average molecular weight is 196 g/mol. The zero-order valence-electron chi connectivity index (χ0n) is 7.69. The molecule has 0 bridgehead atoms. The first-order chi connectivity index (χ1) is 6.75. The summed E-state index contributed by atoms with van der Waals surface area (Å²) in [5.41, 5.74) is 0.748. The van der Waals surface area contributed by atoms with Gasteiger partial charge in [0.2, 0.25) is 0 Å². The summed E-state index contributed by atoms with van der Waals surface area (Å²) >= 11 is 0. The molecule has 0 amide bonds. The van der Waals surface area contributed by atoms with Gasteiger partial charge in [-0.25, -0.2) is 4.79 Å². The largest absolute Gasteiger partial charge is 0.476 e. The lowest BCUT2D eigenvalue weighted by molar-refractivity contribution is 0.0690. The van der Waals surface area contributed by atoms with E-state index in [4.69, 9.17) is 9.84 Å². The molecule has 1 aromatic rings. The highest BCUT2D eigenvalue weighted by atomic mass is 16.5. The molecule has 1 aliphatic rings. The molecule has 0 aromatic carbocycles. The van der Waals surface area contributed by atoms with Crippen LogP contribution in [-0.4, -0.2) is 27.9 Å². The van der Waals surface area contributed by atoms with Crippen LogP contribution in [-0.2, 0) is 11.3 Å². The van der Waals surface area contributed by atoms with Crippen LogP contribution in [0.1, 0.15) is 29.0 Å². The predicted octanol–water partition coefficient (Wildman–Crippen LogP) is 1.03. The van der Waals surface area contributed by atoms with Gasteiger partial charge in [-0.1, -0.05) is 0 Å². The highest BCUT2D eigenvalue weighted by Crippen LogP contribution is 2.28. The number of carbonyl (C=O) groups is 1. The van der Waals surface area contributed by atoms with Crippen LogP contribution in [0.5, 0.6) is 0 Å². The van der Waals surface area contributed by atoms with Crippen molar-refractivity contribution in [2.24, 2.45) is 5.92 Å². The van der Waals surface area contributed by atoms with Crippen molar-refractivity contribution in [2.75, 3.05) is 6.61 Å². The zero-order valence-corrected chi connectivity index (χ0v) is 7.69. The molecule has 1 fully saturated rings. The first-order valence-electron chi connectivity index (χ1n) is 4.61. The standard InChI is InChI=1S/C9H12N2O3/c12-9(13)8-3-7(10-11-8)5-14-4-6-1-2-6/h3,6H,1-2,4-5H2,(H,10,11)(H,12,13). The van der Waals surface area contributed by atoms with Crippen molar-refractivity contribution in [3.05, 3.63) is 17.5 Å². The minimum Gasteiger partial charge on any atom is -0.476 e. The lowest BCUT2D eigenvalue weighted by Crippen LogP contribution is -1.97. The van der Waals surface area contributed by atoms with Crippen LogP contribution in [0.25, 0.3) is 0 Å². The molecular formula is C9H12N2O3. The Hall–Kier alpha value is -1.36. The summed E-state index contributed by atoms with van der Waals surface area (Å²) in [6.45, 7) is 1.18. The summed E-state index contributed by atoms with van der Waals surface area (Å²) in [5, 5.41) is 14.8. The van der Waals surface area contributed by atoms with Crippen LogP contribution < -0.4 is 0 Å². The monoisotopic (exact) mass is 196 g/mol. The number of nitrogens with one attached hydrogen (secondary N) is 1. The fraction of sp³-hybridized carbons (Fsp3) is 0.556. The van der Waals surface area contributed by atoms with E-state index in [1.165, 1.54) is 18.9 Å². The number of aromatic carboxylic acids is 1. The number of carboxylic acids is 1. The van der Waals surface area contributed by atoms with Crippen LogP contribution in [0.15, 0.2) is 6.07 Å². The van der Waals surface area contributed by atoms with Gasteiger partial charge in [-0.15, -0.1) is 0 Å². The van der Waals surface area contributed by atoms with Gasteiger partial charge in [0.1, 0.15) is 0 Å². The van der Waals surface area contributed by atoms with Crippen molar-refractivity contribution in [1.82, 2.24) is 10.2 Å². The van der Waals surface area contributed by atoms with Crippen LogP contribution in [0.3, 0.4) is 0 Å². The van der Waals surface area contributed by atoms with E-state index >= 15 is 0 Å². The average Bonchev–Trinajstić information content (AvgIpc) is 2.82. The molecule has 14 heavy (non-hydrogen) atoms. The fourth-order valence-corrected chi connectivity index (χ4v) is 1.17. The van der Waals surface area contributed by atoms with E-state index in [-0.39, 0.29) is 5.69 Å². The molecule has 2 N–H and O–H groups in total. The summed E-state index contributed by atoms with van der Waals surface area (Å²) < 4.78 is 5.37. The second-order valence-corrected chi connectivity index (χ2v) is 3.54. The molecule has 0 saturated heterocycles. The van der Waals surface area contributed by atoms with E-state index in [1.54, 1.807) is 0 Å². The number of nitrogens with zero attached hydrogens (tertiary/aromatic N) is 1. The van der Waals surface area contributed by atoms with E-state index in [0.717, 1.165) is 12.5 Å². The lowest BCUT2D eigenvalue weighted by Gasteiger charge is -1.98. The number of aromatic amines is 1. The molecule has 76 valence electrons. The maximum atomic E-state index is 10.5. The minimum atomic E-state index is -1.02. The lowest BCUT2D eigenvalue weighted by atomic mass is 10.3. The van der Waals surface area contributed by atoms with Gasteiger partial charge < -0.3 is 9.84 Å². The number of rotatable bonds is 5. The van der Waals surface area contributed by atoms with Gasteiger partial charge in [-0.3, -0.25) is 5.10 Å². The maximum Gasteiger partial charge on any atom is 0.356 e. The smallest absolute Gasteiger partial charge is 0.356 e. The Kier molecular flexibility index (Phi) is 2.49.